The van der Waals surface area contributed by atoms with E-state index >= 15 is 0 Å². The zero-order chi connectivity index (χ0) is 16.8. The van der Waals surface area contributed by atoms with Gasteiger partial charge >= 0.3 is 0 Å². The topological polar surface area (TPSA) is 49.2 Å². The van der Waals surface area contributed by atoms with Crippen LogP contribution in [0, 0.1) is 11.3 Å². The quantitative estimate of drug-likeness (QED) is 0.795. The van der Waals surface area contributed by atoms with Crippen LogP contribution in [0.3, 0.4) is 0 Å². The largest absolute Gasteiger partial charge is 0.365 e. The van der Waals surface area contributed by atoms with Crippen LogP contribution in [-0.2, 0) is 4.74 Å². The molecule has 0 atom stereocenters. The standard InChI is InChI=1S/C20H23N3O/c1-19(2)13-23(14-20(24-19)9-3-4-10-20)18-8-6-16-11-15(12-21)5-7-17(16)22-18/h5-8,11H,3-4,9-10,13-14H2,1-2H3. The maximum atomic E-state index is 9.04. The van der Waals surface area contributed by atoms with Gasteiger partial charge < -0.3 is 9.64 Å². The first kappa shape index (κ1) is 15.4. The lowest BCUT2D eigenvalue weighted by molar-refractivity contribution is -0.148. The minimum atomic E-state index is -0.163. The molecule has 1 aromatic carbocycles. The van der Waals surface area contributed by atoms with E-state index in [1.807, 2.05) is 18.2 Å². The number of morpholine rings is 1. The average molecular weight is 321 g/mol. The van der Waals surface area contributed by atoms with E-state index in [2.05, 4.69) is 36.9 Å². The molecule has 0 N–H and O–H groups in total. The van der Waals surface area contributed by atoms with Crippen molar-refractivity contribution in [1.82, 2.24) is 4.98 Å². The van der Waals surface area contributed by atoms with E-state index in [4.69, 9.17) is 15.0 Å². The van der Waals surface area contributed by atoms with Crippen molar-refractivity contribution in [1.29, 1.82) is 5.26 Å². The van der Waals surface area contributed by atoms with Gasteiger partial charge in [-0.3, -0.25) is 0 Å². The summed E-state index contributed by atoms with van der Waals surface area (Å²) in [5.74, 6) is 1.01. The summed E-state index contributed by atoms with van der Waals surface area (Å²) in [5, 5.41) is 10.1. The number of anilines is 1. The molecule has 0 amide bonds. The van der Waals surface area contributed by atoms with Crippen molar-refractivity contribution in [3.05, 3.63) is 35.9 Å². The summed E-state index contributed by atoms with van der Waals surface area (Å²) in [6.07, 6.45) is 4.80. The molecular formula is C20H23N3O. The fraction of sp³-hybridized carbons (Fsp3) is 0.500. The van der Waals surface area contributed by atoms with Gasteiger partial charge in [0.25, 0.3) is 0 Å². The van der Waals surface area contributed by atoms with E-state index in [-0.39, 0.29) is 11.2 Å². The van der Waals surface area contributed by atoms with Gasteiger partial charge in [0.15, 0.2) is 0 Å². The van der Waals surface area contributed by atoms with E-state index in [0.717, 1.165) is 42.7 Å². The van der Waals surface area contributed by atoms with Gasteiger partial charge in [0.2, 0.25) is 0 Å². The maximum Gasteiger partial charge on any atom is 0.129 e. The highest BCUT2D eigenvalue weighted by atomic mass is 16.5. The number of nitrogens with zero attached hydrogens (tertiary/aromatic N) is 3. The maximum absolute atomic E-state index is 9.04. The molecule has 1 saturated heterocycles. The lowest BCUT2D eigenvalue weighted by Crippen LogP contribution is -2.59. The molecule has 2 heterocycles. The van der Waals surface area contributed by atoms with Crippen LogP contribution in [0.15, 0.2) is 30.3 Å². The number of aromatic nitrogens is 1. The molecule has 1 saturated carbocycles. The molecule has 0 radical (unpaired) electrons. The Hall–Kier alpha value is -2.12. The summed E-state index contributed by atoms with van der Waals surface area (Å²) in [6, 6.07) is 12.0. The number of benzene rings is 1. The van der Waals surface area contributed by atoms with E-state index in [1.165, 1.54) is 12.8 Å². The second-order valence-corrected chi connectivity index (χ2v) is 7.80. The Kier molecular flexibility index (Phi) is 3.51. The molecule has 4 heteroatoms. The minimum absolute atomic E-state index is 0.0109. The SMILES string of the molecule is CC1(C)CN(c2ccc3cc(C#N)ccc3n2)CC2(CCCC2)O1. The number of hydrogen-bond acceptors (Lipinski definition) is 4. The molecular weight excluding hydrogens is 298 g/mol. The van der Waals surface area contributed by atoms with E-state index in [0.29, 0.717) is 5.56 Å². The van der Waals surface area contributed by atoms with Crippen molar-refractivity contribution in [2.24, 2.45) is 0 Å². The monoisotopic (exact) mass is 321 g/mol. The van der Waals surface area contributed by atoms with Crippen LogP contribution in [0.5, 0.6) is 0 Å². The summed E-state index contributed by atoms with van der Waals surface area (Å²) >= 11 is 0. The minimum Gasteiger partial charge on any atom is -0.365 e. The second-order valence-electron chi connectivity index (χ2n) is 7.80. The third-order valence-corrected chi connectivity index (χ3v) is 5.19. The number of ether oxygens (including phenoxy) is 1. The molecule has 124 valence electrons. The Bertz CT molecular complexity index is 815. The fourth-order valence-corrected chi connectivity index (χ4v) is 4.32. The van der Waals surface area contributed by atoms with Gasteiger partial charge in [-0.1, -0.05) is 12.8 Å². The molecule has 1 spiro atoms. The number of rotatable bonds is 1. The van der Waals surface area contributed by atoms with Crippen molar-refractivity contribution in [2.75, 3.05) is 18.0 Å². The van der Waals surface area contributed by atoms with Gasteiger partial charge in [0, 0.05) is 18.5 Å². The van der Waals surface area contributed by atoms with E-state index < -0.39 is 0 Å². The molecule has 0 bridgehead atoms. The number of pyridine rings is 1. The van der Waals surface area contributed by atoms with Crippen molar-refractivity contribution in [3.63, 3.8) is 0 Å². The third-order valence-electron chi connectivity index (χ3n) is 5.19. The lowest BCUT2D eigenvalue weighted by Gasteiger charge is -2.49. The van der Waals surface area contributed by atoms with E-state index in [9.17, 15) is 0 Å². The lowest BCUT2D eigenvalue weighted by atomic mass is 9.94. The zero-order valence-corrected chi connectivity index (χ0v) is 14.4. The van der Waals surface area contributed by atoms with Crippen LogP contribution in [0.25, 0.3) is 10.9 Å². The highest BCUT2D eigenvalue weighted by Gasteiger charge is 2.46. The van der Waals surface area contributed by atoms with Crippen molar-refractivity contribution in [3.8, 4) is 6.07 Å². The predicted molar refractivity (Wildman–Crippen MR) is 95.0 cm³/mol. The number of fused-ring (bicyclic) bond motifs is 1. The molecule has 1 aliphatic carbocycles. The Balaban J connectivity index is 1.69. The van der Waals surface area contributed by atoms with Gasteiger partial charge in [0.05, 0.1) is 28.4 Å². The molecule has 2 aliphatic rings. The molecule has 1 aromatic heterocycles. The first-order valence-electron chi connectivity index (χ1n) is 8.75. The Morgan fingerprint density at radius 3 is 2.67 bits per heavy atom. The van der Waals surface area contributed by atoms with Crippen molar-refractivity contribution >= 4 is 16.7 Å². The van der Waals surface area contributed by atoms with Gasteiger partial charge in [-0.2, -0.15) is 5.26 Å². The molecule has 4 nitrogen and oxygen atoms in total. The van der Waals surface area contributed by atoms with E-state index in [1.54, 1.807) is 0 Å². The van der Waals surface area contributed by atoms with Gasteiger partial charge in [-0.25, -0.2) is 4.98 Å². The average Bonchev–Trinajstić information content (AvgIpc) is 2.99. The molecule has 0 unspecified atom stereocenters. The summed E-state index contributed by atoms with van der Waals surface area (Å²) in [5.41, 5.74) is 1.44. The van der Waals surface area contributed by atoms with Gasteiger partial charge in [-0.15, -0.1) is 0 Å². The number of nitriles is 1. The zero-order valence-electron chi connectivity index (χ0n) is 14.4. The second kappa shape index (κ2) is 5.46. The Morgan fingerprint density at radius 2 is 1.92 bits per heavy atom. The van der Waals surface area contributed by atoms with Crippen LogP contribution < -0.4 is 4.90 Å². The molecule has 24 heavy (non-hydrogen) atoms. The third kappa shape index (κ3) is 2.74. The van der Waals surface area contributed by atoms with Crippen LogP contribution >= 0.6 is 0 Å². The van der Waals surface area contributed by atoms with Gasteiger partial charge in [-0.05, 0) is 57.0 Å². The molecule has 2 aromatic rings. The van der Waals surface area contributed by atoms with Crippen molar-refractivity contribution < 1.29 is 4.74 Å². The fourth-order valence-electron chi connectivity index (χ4n) is 4.32. The predicted octanol–water partition coefficient (Wildman–Crippen LogP) is 4.03. The normalized spacial score (nSPS) is 22.0. The molecule has 2 fully saturated rings. The van der Waals surface area contributed by atoms with Crippen molar-refractivity contribution in [2.45, 2.75) is 50.7 Å². The van der Waals surface area contributed by atoms with Crippen LogP contribution in [0.2, 0.25) is 0 Å². The Labute approximate surface area is 143 Å². The van der Waals surface area contributed by atoms with Gasteiger partial charge in [0.1, 0.15) is 5.82 Å². The highest BCUT2D eigenvalue weighted by Crippen LogP contribution is 2.41. The van der Waals surface area contributed by atoms with Crippen LogP contribution in [0.1, 0.15) is 45.1 Å². The molecule has 1 aliphatic heterocycles. The summed E-state index contributed by atoms with van der Waals surface area (Å²) in [7, 11) is 0. The first-order chi connectivity index (χ1) is 11.5. The number of hydrogen-bond donors (Lipinski definition) is 0. The summed E-state index contributed by atoms with van der Waals surface area (Å²) in [6.45, 7) is 6.13. The highest BCUT2D eigenvalue weighted by molar-refractivity contribution is 5.81. The smallest absolute Gasteiger partial charge is 0.129 e. The van der Waals surface area contributed by atoms with Crippen LogP contribution in [-0.4, -0.2) is 29.3 Å². The summed E-state index contributed by atoms with van der Waals surface area (Å²) in [4.78, 5) is 7.24. The Morgan fingerprint density at radius 1 is 1.12 bits per heavy atom. The first-order valence-corrected chi connectivity index (χ1v) is 8.75. The van der Waals surface area contributed by atoms with Crippen LogP contribution in [0.4, 0.5) is 5.82 Å². The summed E-state index contributed by atoms with van der Waals surface area (Å²) < 4.78 is 6.49. The molecule has 4 rings (SSSR count).